The van der Waals surface area contributed by atoms with Crippen molar-refractivity contribution in [2.24, 2.45) is 7.05 Å². The van der Waals surface area contributed by atoms with Crippen LogP contribution in [0.5, 0.6) is 0 Å². The average Bonchev–Trinajstić information content (AvgIpc) is 2.94. The van der Waals surface area contributed by atoms with Gasteiger partial charge in [-0.3, -0.25) is 14.2 Å². The number of hydrogen-bond acceptors (Lipinski definition) is 3. The molecule has 2 aromatic heterocycles. The van der Waals surface area contributed by atoms with Gasteiger partial charge in [0.1, 0.15) is 0 Å². The molecule has 2 heterocycles. The first-order valence-corrected chi connectivity index (χ1v) is 6.29. The summed E-state index contributed by atoms with van der Waals surface area (Å²) in [5, 5.41) is 8.57. The van der Waals surface area contributed by atoms with Gasteiger partial charge in [0, 0.05) is 33.0 Å². The minimum absolute atomic E-state index is 0.0251. The summed E-state index contributed by atoms with van der Waals surface area (Å²) in [7, 11) is 3.64. The van der Waals surface area contributed by atoms with Crippen molar-refractivity contribution in [3.05, 3.63) is 35.4 Å². The van der Waals surface area contributed by atoms with Gasteiger partial charge in [0.15, 0.2) is 0 Å². The molecular formula is C13H19N5O. The summed E-state index contributed by atoms with van der Waals surface area (Å²) in [6.07, 6.45) is 3.67. The second-order valence-electron chi connectivity index (χ2n) is 4.63. The second-order valence-corrected chi connectivity index (χ2v) is 4.63. The lowest BCUT2D eigenvalue weighted by Gasteiger charge is -2.15. The highest BCUT2D eigenvalue weighted by atomic mass is 16.2. The number of rotatable bonds is 4. The van der Waals surface area contributed by atoms with Crippen molar-refractivity contribution in [1.82, 2.24) is 24.5 Å². The molecule has 0 aliphatic heterocycles. The molecule has 0 saturated heterocycles. The summed E-state index contributed by atoms with van der Waals surface area (Å²) in [5.41, 5.74) is 2.29. The first-order valence-electron chi connectivity index (χ1n) is 6.29. The third kappa shape index (κ3) is 2.83. The minimum atomic E-state index is -0.0251. The molecule has 6 heteroatoms. The van der Waals surface area contributed by atoms with E-state index in [0.29, 0.717) is 12.1 Å². The molecule has 0 aliphatic carbocycles. The molecule has 0 N–H and O–H groups in total. The number of hydrogen-bond donors (Lipinski definition) is 0. The van der Waals surface area contributed by atoms with E-state index in [1.807, 2.05) is 33.2 Å². The molecular weight excluding hydrogens is 242 g/mol. The summed E-state index contributed by atoms with van der Waals surface area (Å²) in [5.74, 6) is -0.0251. The predicted molar refractivity (Wildman–Crippen MR) is 71.6 cm³/mol. The van der Waals surface area contributed by atoms with Crippen LogP contribution in [0.1, 0.15) is 28.7 Å². The Bertz CT molecular complexity index is 584. The molecule has 0 fully saturated rings. The molecule has 0 spiro atoms. The molecule has 0 bridgehead atoms. The predicted octanol–water partition coefficient (Wildman–Crippen LogP) is 1.22. The Balaban J connectivity index is 2.12. The first kappa shape index (κ1) is 13.3. The maximum atomic E-state index is 12.3. The first-order chi connectivity index (χ1) is 9.01. The Morgan fingerprint density at radius 1 is 1.42 bits per heavy atom. The van der Waals surface area contributed by atoms with Crippen LogP contribution >= 0.6 is 0 Å². The monoisotopic (exact) mass is 261 g/mol. The van der Waals surface area contributed by atoms with Crippen molar-refractivity contribution in [3.8, 4) is 0 Å². The van der Waals surface area contributed by atoms with Crippen LogP contribution in [0, 0.1) is 6.92 Å². The zero-order chi connectivity index (χ0) is 14.0. The lowest BCUT2D eigenvalue weighted by Crippen LogP contribution is -2.26. The van der Waals surface area contributed by atoms with Crippen molar-refractivity contribution >= 4 is 5.91 Å². The Morgan fingerprint density at radius 3 is 2.68 bits per heavy atom. The van der Waals surface area contributed by atoms with Gasteiger partial charge in [0.25, 0.3) is 5.91 Å². The number of aromatic nitrogens is 4. The standard InChI is InChI=1S/C13H19N5O/c1-5-18-9-12(10(2)14-18)13(19)16(3)8-11-6-7-17(4)15-11/h6-7,9H,5,8H2,1-4H3. The second kappa shape index (κ2) is 5.26. The molecule has 0 saturated carbocycles. The Morgan fingerprint density at radius 2 is 2.16 bits per heavy atom. The van der Waals surface area contributed by atoms with Crippen LogP contribution in [0.25, 0.3) is 0 Å². The van der Waals surface area contributed by atoms with Gasteiger partial charge in [0.2, 0.25) is 0 Å². The van der Waals surface area contributed by atoms with Gasteiger partial charge in [-0.15, -0.1) is 0 Å². The van der Waals surface area contributed by atoms with E-state index in [2.05, 4.69) is 10.2 Å². The average molecular weight is 261 g/mol. The summed E-state index contributed by atoms with van der Waals surface area (Å²) in [4.78, 5) is 14.0. The van der Waals surface area contributed by atoms with Crippen molar-refractivity contribution in [2.75, 3.05) is 7.05 Å². The summed E-state index contributed by atoms with van der Waals surface area (Å²) in [6, 6.07) is 1.91. The Labute approximate surface area is 112 Å². The number of amides is 1. The third-order valence-electron chi connectivity index (χ3n) is 3.02. The van der Waals surface area contributed by atoms with Crippen LogP contribution in [-0.4, -0.2) is 37.4 Å². The van der Waals surface area contributed by atoms with Gasteiger partial charge >= 0.3 is 0 Å². The molecule has 19 heavy (non-hydrogen) atoms. The van der Waals surface area contributed by atoms with Crippen molar-refractivity contribution in [2.45, 2.75) is 26.9 Å². The van der Waals surface area contributed by atoms with Crippen LogP contribution in [0.4, 0.5) is 0 Å². The fourth-order valence-corrected chi connectivity index (χ4v) is 1.96. The van der Waals surface area contributed by atoms with E-state index in [1.165, 1.54) is 0 Å². The molecule has 0 aromatic carbocycles. The van der Waals surface area contributed by atoms with E-state index in [-0.39, 0.29) is 5.91 Å². The van der Waals surface area contributed by atoms with Crippen LogP contribution < -0.4 is 0 Å². The van der Waals surface area contributed by atoms with Crippen LogP contribution in [0.3, 0.4) is 0 Å². The summed E-state index contributed by atoms with van der Waals surface area (Å²) < 4.78 is 3.51. The number of carbonyl (C=O) groups is 1. The summed E-state index contributed by atoms with van der Waals surface area (Å²) in [6.45, 7) is 5.11. The summed E-state index contributed by atoms with van der Waals surface area (Å²) >= 11 is 0. The van der Waals surface area contributed by atoms with Crippen molar-refractivity contribution < 1.29 is 4.79 Å². The molecule has 102 valence electrons. The zero-order valence-corrected chi connectivity index (χ0v) is 11.8. The number of aryl methyl sites for hydroxylation is 3. The number of nitrogens with zero attached hydrogens (tertiary/aromatic N) is 5. The molecule has 0 atom stereocenters. The van der Waals surface area contributed by atoms with E-state index in [0.717, 1.165) is 17.9 Å². The van der Waals surface area contributed by atoms with Gasteiger partial charge in [-0.2, -0.15) is 10.2 Å². The van der Waals surface area contributed by atoms with E-state index < -0.39 is 0 Å². The lowest BCUT2D eigenvalue weighted by molar-refractivity contribution is 0.0782. The lowest BCUT2D eigenvalue weighted by atomic mass is 10.2. The van der Waals surface area contributed by atoms with Crippen molar-refractivity contribution in [3.63, 3.8) is 0 Å². The van der Waals surface area contributed by atoms with Crippen LogP contribution in [0.15, 0.2) is 18.5 Å². The zero-order valence-electron chi connectivity index (χ0n) is 11.8. The minimum Gasteiger partial charge on any atom is -0.336 e. The Kier molecular flexibility index (Phi) is 3.69. The maximum absolute atomic E-state index is 12.3. The van der Waals surface area contributed by atoms with Gasteiger partial charge in [-0.25, -0.2) is 0 Å². The van der Waals surface area contributed by atoms with E-state index in [9.17, 15) is 4.79 Å². The SMILES string of the molecule is CCn1cc(C(=O)N(C)Cc2ccn(C)n2)c(C)n1. The highest BCUT2D eigenvalue weighted by molar-refractivity contribution is 5.94. The van der Waals surface area contributed by atoms with Crippen LogP contribution in [0.2, 0.25) is 0 Å². The number of carbonyl (C=O) groups excluding carboxylic acids is 1. The molecule has 2 rings (SSSR count). The third-order valence-corrected chi connectivity index (χ3v) is 3.02. The van der Waals surface area contributed by atoms with E-state index in [1.54, 1.807) is 27.5 Å². The largest absolute Gasteiger partial charge is 0.336 e. The van der Waals surface area contributed by atoms with Gasteiger partial charge in [-0.05, 0) is 19.9 Å². The Hall–Kier alpha value is -2.11. The fraction of sp³-hybridized carbons (Fsp3) is 0.462. The van der Waals surface area contributed by atoms with Gasteiger partial charge < -0.3 is 4.90 Å². The van der Waals surface area contributed by atoms with Gasteiger partial charge in [0.05, 0.1) is 23.5 Å². The molecule has 1 amide bonds. The molecule has 6 nitrogen and oxygen atoms in total. The van der Waals surface area contributed by atoms with E-state index >= 15 is 0 Å². The quantitative estimate of drug-likeness (QED) is 0.831. The van der Waals surface area contributed by atoms with Crippen molar-refractivity contribution in [1.29, 1.82) is 0 Å². The molecule has 0 aliphatic rings. The fourth-order valence-electron chi connectivity index (χ4n) is 1.96. The highest BCUT2D eigenvalue weighted by Crippen LogP contribution is 2.10. The molecule has 2 aromatic rings. The van der Waals surface area contributed by atoms with E-state index in [4.69, 9.17) is 0 Å². The highest BCUT2D eigenvalue weighted by Gasteiger charge is 2.18. The van der Waals surface area contributed by atoms with Gasteiger partial charge in [-0.1, -0.05) is 0 Å². The smallest absolute Gasteiger partial charge is 0.257 e. The topological polar surface area (TPSA) is 56.0 Å². The molecule has 0 unspecified atom stereocenters. The maximum Gasteiger partial charge on any atom is 0.257 e. The molecule has 0 radical (unpaired) electrons. The normalized spacial score (nSPS) is 10.7. The van der Waals surface area contributed by atoms with Crippen LogP contribution in [-0.2, 0) is 20.1 Å².